The highest BCUT2D eigenvalue weighted by molar-refractivity contribution is 5.93. The molecule has 1 aromatic heterocycles. The molecule has 1 heterocycles. The number of esters is 2. The third-order valence-corrected chi connectivity index (χ3v) is 5.14. The number of methoxy groups -OCH3 is 1. The molecule has 0 saturated carbocycles. The summed E-state index contributed by atoms with van der Waals surface area (Å²) in [5.74, 6) is -0.719. The van der Waals surface area contributed by atoms with Crippen LogP contribution in [-0.2, 0) is 9.47 Å². The molecule has 160 valence electrons. The van der Waals surface area contributed by atoms with Gasteiger partial charge in [0, 0.05) is 28.9 Å². The van der Waals surface area contributed by atoms with Gasteiger partial charge < -0.3 is 14.0 Å². The molecule has 0 radical (unpaired) electrons. The van der Waals surface area contributed by atoms with E-state index in [2.05, 4.69) is 9.56 Å². The second-order valence-corrected chi connectivity index (χ2v) is 7.13. The summed E-state index contributed by atoms with van der Waals surface area (Å²) in [6, 6.07) is 14.8. The van der Waals surface area contributed by atoms with Crippen LogP contribution in [0.25, 0.3) is 5.69 Å². The van der Waals surface area contributed by atoms with Gasteiger partial charge in [-0.25, -0.2) is 9.59 Å². The van der Waals surface area contributed by atoms with E-state index in [0.717, 1.165) is 28.2 Å². The molecule has 0 atom stereocenters. The van der Waals surface area contributed by atoms with E-state index in [-0.39, 0.29) is 11.9 Å². The number of aromatic nitrogens is 1. The Morgan fingerprint density at radius 2 is 1.77 bits per heavy atom. The highest BCUT2D eigenvalue weighted by Crippen LogP contribution is 2.25. The van der Waals surface area contributed by atoms with Gasteiger partial charge in [-0.05, 0) is 69.7 Å². The fraction of sp³-hybridized carbons (Fsp3) is 0.240. The van der Waals surface area contributed by atoms with E-state index in [0.29, 0.717) is 23.4 Å². The van der Waals surface area contributed by atoms with Crippen molar-refractivity contribution >= 4 is 23.8 Å². The average molecular weight is 418 g/mol. The Morgan fingerprint density at radius 3 is 2.48 bits per heavy atom. The van der Waals surface area contributed by atoms with Crippen LogP contribution in [0.2, 0.25) is 0 Å². The second-order valence-electron chi connectivity index (χ2n) is 7.13. The molecule has 0 N–H and O–H groups in total. The van der Waals surface area contributed by atoms with E-state index in [4.69, 9.17) is 9.47 Å². The normalized spacial score (nSPS) is 11.0. The Morgan fingerprint density at radius 1 is 1.03 bits per heavy atom. The quantitative estimate of drug-likeness (QED) is 0.412. The number of hydrogen-bond acceptors (Lipinski definition) is 5. The van der Waals surface area contributed by atoms with Crippen molar-refractivity contribution in [2.75, 3.05) is 13.7 Å². The van der Waals surface area contributed by atoms with Crippen LogP contribution >= 0.6 is 0 Å². The largest absolute Gasteiger partial charge is 0.465 e. The minimum absolute atomic E-state index is 0.335. The van der Waals surface area contributed by atoms with E-state index in [1.54, 1.807) is 31.3 Å². The van der Waals surface area contributed by atoms with Crippen LogP contribution in [0.4, 0.5) is 5.69 Å². The van der Waals surface area contributed by atoms with Crippen LogP contribution < -0.4 is 0 Å². The van der Waals surface area contributed by atoms with Crippen molar-refractivity contribution in [3.05, 3.63) is 82.2 Å². The average Bonchev–Trinajstić information content (AvgIpc) is 3.05. The van der Waals surface area contributed by atoms with Gasteiger partial charge in [-0.2, -0.15) is 0 Å². The third-order valence-electron chi connectivity index (χ3n) is 5.14. The van der Waals surface area contributed by atoms with Crippen LogP contribution in [0, 0.1) is 20.8 Å². The molecule has 0 bridgehead atoms. The van der Waals surface area contributed by atoms with Gasteiger partial charge in [0.1, 0.15) is 0 Å². The van der Waals surface area contributed by atoms with E-state index >= 15 is 0 Å². The summed E-state index contributed by atoms with van der Waals surface area (Å²) in [5.41, 5.74) is 6.31. The van der Waals surface area contributed by atoms with E-state index in [9.17, 15) is 9.59 Å². The molecule has 0 amide bonds. The molecule has 0 aliphatic rings. The third kappa shape index (κ3) is 4.58. The summed E-state index contributed by atoms with van der Waals surface area (Å²) in [7, 11) is 1.36. The molecule has 0 aliphatic heterocycles. The lowest BCUT2D eigenvalue weighted by atomic mass is 10.1. The molecule has 0 unspecified atom stereocenters. The molecule has 6 nitrogen and oxygen atoms in total. The maximum atomic E-state index is 12.1. The molecule has 3 aromatic rings. The van der Waals surface area contributed by atoms with Crippen molar-refractivity contribution in [1.29, 1.82) is 0 Å². The Labute approximate surface area is 182 Å². The van der Waals surface area contributed by atoms with Gasteiger partial charge in [0.2, 0.25) is 0 Å². The molecule has 6 heteroatoms. The SMILES string of the molecule is CCOC(=O)c1cccc(-n2c(C)cc(C=Nc3cccc(C(=O)OC)c3C)c2C)c1. The number of aryl methyl sites for hydroxylation is 1. The van der Waals surface area contributed by atoms with Crippen LogP contribution in [0.3, 0.4) is 0 Å². The number of ether oxygens (including phenoxy) is 2. The van der Waals surface area contributed by atoms with Crippen molar-refractivity contribution < 1.29 is 19.1 Å². The summed E-state index contributed by atoms with van der Waals surface area (Å²) in [5, 5.41) is 0. The lowest BCUT2D eigenvalue weighted by Gasteiger charge is -2.11. The van der Waals surface area contributed by atoms with Gasteiger partial charge in [0.05, 0.1) is 30.5 Å². The van der Waals surface area contributed by atoms with Gasteiger partial charge in [0.15, 0.2) is 0 Å². The molecule has 0 saturated heterocycles. The number of nitrogens with zero attached hydrogens (tertiary/aromatic N) is 2. The number of hydrogen-bond donors (Lipinski definition) is 0. The standard InChI is InChI=1S/C25H26N2O4/c1-6-31-24(28)19-9-7-10-21(14-19)27-16(2)13-20(18(27)4)15-26-23-12-8-11-22(17(23)3)25(29)30-5/h7-15H,6H2,1-5H3. The Hall–Kier alpha value is -3.67. The molecule has 0 fully saturated rings. The second kappa shape index (κ2) is 9.43. The topological polar surface area (TPSA) is 69.9 Å². The van der Waals surface area contributed by atoms with Crippen LogP contribution in [0.5, 0.6) is 0 Å². The first kappa shape index (κ1) is 22.0. The highest BCUT2D eigenvalue weighted by atomic mass is 16.5. The molecular weight excluding hydrogens is 392 g/mol. The zero-order chi connectivity index (χ0) is 22.5. The monoisotopic (exact) mass is 418 g/mol. The zero-order valence-electron chi connectivity index (χ0n) is 18.4. The lowest BCUT2D eigenvalue weighted by Crippen LogP contribution is -2.06. The summed E-state index contributed by atoms with van der Waals surface area (Å²) in [6.45, 7) is 7.98. The van der Waals surface area contributed by atoms with Gasteiger partial charge >= 0.3 is 11.9 Å². The number of aliphatic imine (C=N–C) groups is 1. The molecule has 3 rings (SSSR count). The summed E-state index contributed by atoms with van der Waals surface area (Å²) >= 11 is 0. The molecule has 0 spiro atoms. The van der Waals surface area contributed by atoms with E-state index in [1.807, 2.05) is 51.1 Å². The number of carbonyl (C=O) groups is 2. The molecular formula is C25H26N2O4. The van der Waals surface area contributed by atoms with Gasteiger partial charge in [0.25, 0.3) is 0 Å². The van der Waals surface area contributed by atoms with Crippen molar-refractivity contribution in [2.45, 2.75) is 27.7 Å². The van der Waals surface area contributed by atoms with E-state index in [1.165, 1.54) is 7.11 Å². The van der Waals surface area contributed by atoms with Crippen molar-refractivity contribution in [3.63, 3.8) is 0 Å². The number of rotatable bonds is 6. The number of carbonyl (C=O) groups excluding carboxylic acids is 2. The smallest absolute Gasteiger partial charge is 0.338 e. The zero-order valence-corrected chi connectivity index (χ0v) is 18.4. The first-order valence-electron chi connectivity index (χ1n) is 10.1. The molecule has 0 aliphatic carbocycles. The van der Waals surface area contributed by atoms with Crippen LogP contribution in [0.1, 0.15) is 50.2 Å². The minimum Gasteiger partial charge on any atom is -0.465 e. The fourth-order valence-electron chi connectivity index (χ4n) is 3.54. The molecule has 2 aromatic carbocycles. The Balaban J connectivity index is 1.96. The summed E-state index contributed by atoms with van der Waals surface area (Å²) in [6.07, 6.45) is 1.79. The van der Waals surface area contributed by atoms with Gasteiger partial charge in [-0.15, -0.1) is 0 Å². The predicted molar refractivity (Wildman–Crippen MR) is 121 cm³/mol. The van der Waals surface area contributed by atoms with Crippen molar-refractivity contribution in [3.8, 4) is 5.69 Å². The van der Waals surface area contributed by atoms with Crippen molar-refractivity contribution in [1.82, 2.24) is 4.57 Å². The lowest BCUT2D eigenvalue weighted by molar-refractivity contribution is 0.0525. The first-order valence-corrected chi connectivity index (χ1v) is 10.1. The summed E-state index contributed by atoms with van der Waals surface area (Å²) < 4.78 is 12.0. The Kier molecular flexibility index (Phi) is 6.70. The highest BCUT2D eigenvalue weighted by Gasteiger charge is 2.14. The number of benzene rings is 2. The predicted octanol–water partition coefficient (Wildman–Crippen LogP) is 5.12. The van der Waals surface area contributed by atoms with Crippen LogP contribution in [0.15, 0.2) is 53.5 Å². The minimum atomic E-state index is -0.380. The maximum absolute atomic E-state index is 12.1. The summed E-state index contributed by atoms with van der Waals surface area (Å²) in [4.78, 5) is 28.6. The Bertz CT molecular complexity index is 1160. The fourth-order valence-corrected chi connectivity index (χ4v) is 3.54. The van der Waals surface area contributed by atoms with Gasteiger partial charge in [-0.1, -0.05) is 12.1 Å². The maximum Gasteiger partial charge on any atom is 0.338 e. The first-order chi connectivity index (χ1) is 14.9. The van der Waals surface area contributed by atoms with Crippen molar-refractivity contribution in [2.24, 2.45) is 4.99 Å². The van der Waals surface area contributed by atoms with Gasteiger partial charge in [-0.3, -0.25) is 4.99 Å². The molecule has 31 heavy (non-hydrogen) atoms. The van der Waals surface area contributed by atoms with E-state index < -0.39 is 0 Å². The van der Waals surface area contributed by atoms with Crippen LogP contribution in [-0.4, -0.2) is 36.4 Å².